The Bertz CT molecular complexity index is 690. The molecule has 0 aliphatic carbocycles. The van der Waals surface area contributed by atoms with Crippen molar-refractivity contribution >= 4 is 5.91 Å². The summed E-state index contributed by atoms with van der Waals surface area (Å²) in [5.41, 5.74) is 2.59. The average Bonchev–Trinajstić information content (AvgIpc) is 2.67. The Morgan fingerprint density at radius 3 is 2.96 bits per heavy atom. The topological polar surface area (TPSA) is 65.5 Å². The van der Waals surface area contributed by atoms with Crippen LogP contribution in [-0.2, 0) is 13.2 Å². The number of piperidine rings is 1. The van der Waals surface area contributed by atoms with Crippen LogP contribution in [0.25, 0.3) is 0 Å². The number of hydrogen-bond acceptors (Lipinski definition) is 4. The number of nitrogens with one attached hydrogen (secondary N) is 1. The zero-order valence-electron chi connectivity index (χ0n) is 14.4. The first-order valence-corrected chi connectivity index (χ1v) is 8.84. The summed E-state index contributed by atoms with van der Waals surface area (Å²) in [6, 6.07) is 11.2. The van der Waals surface area contributed by atoms with Gasteiger partial charge in [-0.3, -0.25) is 14.7 Å². The van der Waals surface area contributed by atoms with Crippen molar-refractivity contribution < 1.29 is 9.90 Å². The van der Waals surface area contributed by atoms with Crippen LogP contribution in [0.1, 0.15) is 34.3 Å². The van der Waals surface area contributed by atoms with E-state index in [1.807, 2.05) is 18.3 Å². The Kier molecular flexibility index (Phi) is 6.14. The zero-order chi connectivity index (χ0) is 17.5. The van der Waals surface area contributed by atoms with Crippen LogP contribution in [0.4, 0.5) is 0 Å². The number of pyridine rings is 1. The molecular weight excluding hydrogens is 314 g/mol. The molecule has 1 aliphatic heterocycles. The molecule has 2 N–H and O–H groups in total. The molecule has 1 amide bonds. The van der Waals surface area contributed by atoms with Gasteiger partial charge in [0.1, 0.15) is 0 Å². The van der Waals surface area contributed by atoms with Crippen LogP contribution in [0, 0.1) is 5.92 Å². The van der Waals surface area contributed by atoms with E-state index < -0.39 is 0 Å². The third-order valence-electron chi connectivity index (χ3n) is 4.66. The zero-order valence-corrected chi connectivity index (χ0v) is 14.4. The van der Waals surface area contributed by atoms with Crippen molar-refractivity contribution in [3.8, 4) is 0 Å². The average molecular weight is 339 g/mol. The van der Waals surface area contributed by atoms with Crippen LogP contribution in [0.2, 0.25) is 0 Å². The van der Waals surface area contributed by atoms with E-state index in [-0.39, 0.29) is 12.5 Å². The van der Waals surface area contributed by atoms with Gasteiger partial charge in [0.2, 0.25) is 0 Å². The number of likely N-dealkylation sites (tertiary alicyclic amines) is 1. The van der Waals surface area contributed by atoms with Gasteiger partial charge >= 0.3 is 0 Å². The molecule has 132 valence electrons. The monoisotopic (exact) mass is 339 g/mol. The molecule has 2 aromatic rings. The third-order valence-corrected chi connectivity index (χ3v) is 4.66. The number of aliphatic hydroxyl groups is 1. The predicted molar refractivity (Wildman–Crippen MR) is 96.9 cm³/mol. The summed E-state index contributed by atoms with van der Waals surface area (Å²) in [5, 5.41) is 12.2. The van der Waals surface area contributed by atoms with E-state index in [0.717, 1.165) is 38.0 Å². The number of rotatable bonds is 6. The summed E-state index contributed by atoms with van der Waals surface area (Å²) in [5.74, 6) is 0.398. The van der Waals surface area contributed by atoms with Crippen LogP contribution < -0.4 is 5.32 Å². The summed E-state index contributed by atoms with van der Waals surface area (Å²) >= 11 is 0. The quantitative estimate of drug-likeness (QED) is 0.847. The molecule has 0 radical (unpaired) electrons. The number of aliphatic hydroxyl groups excluding tert-OH is 1. The second-order valence-electron chi connectivity index (χ2n) is 6.67. The van der Waals surface area contributed by atoms with E-state index in [4.69, 9.17) is 0 Å². The molecule has 2 heterocycles. The van der Waals surface area contributed by atoms with E-state index in [9.17, 15) is 9.90 Å². The number of nitrogens with zero attached hydrogens (tertiary/aromatic N) is 2. The van der Waals surface area contributed by atoms with Crippen LogP contribution in [0.3, 0.4) is 0 Å². The highest BCUT2D eigenvalue weighted by molar-refractivity contribution is 5.94. The van der Waals surface area contributed by atoms with Gasteiger partial charge in [-0.05, 0) is 54.6 Å². The third kappa shape index (κ3) is 5.11. The van der Waals surface area contributed by atoms with Gasteiger partial charge in [-0.1, -0.05) is 18.2 Å². The lowest BCUT2D eigenvalue weighted by atomic mass is 9.97. The molecule has 0 saturated carbocycles. The molecular formula is C20H25N3O2. The van der Waals surface area contributed by atoms with E-state index in [2.05, 4.69) is 21.3 Å². The predicted octanol–water partition coefficient (Wildman–Crippen LogP) is 2.22. The molecule has 5 heteroatoms. The summed E-state index contributed by atoms with van der Waals surface area (Å²) < 4.78 is 0. The fourth-order valence-electron chi connectivity index (χ4n) is 3.36. The fourth-order valence-corrected chi connectivity index (χ4v) is 3.36. The lowest BCUT2D eigenvalue weighted by Gasteiger charge is -2.32. The fraction of sp³-hybridized carbons (Fsp3) is 0.400. The van der Waals surface area contributed by atoms with Gasteiger partial charge in [-0.2, -0.15) is 0 Å². The van der Waals surface area contributed by atoms with Crippen LogP contribution in [0.5, 0.6) is 0 Å². The van der Waals surface area contributed by atoms with Gasteiger partial charge in [0.25, 0.3) is 5.91 Å². The maximum atomic E-state index is 12.3. The van der Waals surface area contributed by atoms with Crippen molar-refractivity contribution in [2.24, 2.45) is 5.92 Å². The minimum Gasteiger partial charge on any atom is -0.392 e. The first-order valence-electron chi connectivity index (χ1n) is 8.84. The maximum Gasteiger partial charge on any atom is 0.251 e. The summed E-state index contributed by atoms with van der Waals surface area (Å²) in [4.78, 5) is 18.9. The van der Waals surface area contributed by atoms with Crippen molar-refractivity contribution in [3.05, 3.63) is 65.5 Å². The van der Waals surface area contributed by atoms with Crippen LogP contribution in [0.15, 0.2) is 48.8 Å². The van der Waals surface area contributed by atoms with Crippen molar-refractivity contribution in [2.45, 2.75) is 26.0 Å². The first kappa shape index (κ1) is 17.6. The highest BCUT2D eigenvalue weighted by Crippen LogP contribution is 2.18. The van der Waals surface area contributed by atoms with Crippen LogP contribution in [-0.4, -0.2) is 40.5 Å². The Morgan fingerprint density at radius 1 is 1.28 bits per heavy atom. The lowest BCUT2D eigenvalue weighted by Crippen LogP contribution is -2.40. The Balaban J connectivity index is 1.50. The minimum absolute atomic E-state index is 0.0486. The molecule has 1 saturated heterocycles. The first-order chi connectivity index (χ1) is 12.2. The molecule has 1 aromatic carbocycles. The van der Waals surface area contributed by atoms with Gasteiger partial charge in [-0.25, -0.2) is 0 Å². The van der Waals surface area contributed by atoms with Crippen molar-refractivity contribution in [1.29, 1.82) is 0 Å². The molecule has 1 atom stereocenters. The van der Waals surface area contributed by atoms with E-state index >= 15 is 0 Å². The molecule has 3 rings (SSSR count). The smallest absolute Gasteiger partial charge is 0.251 e. The summed E-state index contributed by atoms with van der Waals surface area (Å²) in [6.07, 6.45) is 6.00. The second-order valence-corrected chi connectivity index (χ2v) is 6.67. The number of aromatic nitrogens is 1. The molecule has 1 fully saturated rings. The largest absolute Gasteiger partial charge is 0.392 e. The van der Waals surface area contributed by atoms with Gasteiger partial charge in [0.15, 0.2) is 0 Å². The van der Waals surface area contributed by atoms with Gasteiger partial charge in [0, 0.05) is 37.6 Å². The molecule has 1 unspecified atom stereocenters. The second kappa shape index (κ2) is 8.74. The molecule has 1 aliphatic rings. The Morgan fingerprint density at radius 2 is 2.16 bits per heavy atom. The van der Waals surface area contributed by atoms with Crippen molar-refractivity contribution in [1.82, 2.24) is 15.2 Å². The lowest BCUT2D eigenvalue weighted by molar-refractivity contribution is 0.0930. The highest BCUT2D eigenvalue weighted by Gasteiger charge is 2.20. The van der Waals surface area contributed by atoms with E-state index in [0.29, 0.717) is 18.0 Å². The summed E-state index contributed by atoms with van der Waals surface area (Å²) in [7, 11) is 0. The number of carbonyl (C=O) groups is 1. The van der Waals surface area contributed by atoms with Crippen LogP contribution >= 0.6 is 0 Å². The van der Waals surface area contributed by atoms with E-state index in [1.54, 1.807) is 24.4 Å². The van der Waals surface area contributed by atoms with Crippen molar-refractivity contribution in [2.75, 3.05) is 19.6 Å². The maximum absolute atomic E-state index is 12.3. The molecule has 25 heavy (non-hydrogen) atoms. The van der Waals surface area contributed by atoms with Crippen molar-refractivity contribution in [3.63, 3.8) is 0 Å². The standard InChI is InChI=1S/C20H25N3O2/c24-15-16-4-1-7-19(10-16)20(25)22-12-18-6-3-9-23(14-18)13-17-5-2-8-21-11-17/h1-2,4-5,7-8,10-11,18,24H,3,6,9,12-15H2,(H,22,25). The Labute approximate surface area is 148 Å². The number of carbonyl (C=O) groups excluding carboxylic acids is 1. The normalized spacial score (nSPS) is 18.0. The SMILES string of the molecule is O=C(NCC1CCCN(Cc2cccnc2)C1)c1cccc(CO)c1. The molecule has 1 aromatic heterocycles. The molecule has 0 bridgehead atoms. The minimum atomic E-state index is -0.0697. The highest BCUT2D eigenvalue weighted by atomic mass is 16.3. The number of amides is 1. The van der Waals surface area contributed by atoms with Gasteiger partial charge < -0.3 is 10.4 Å². The Hall–Kier alpha value is -2.24. The molecule has 0 spiro atoms. The van der Waals surface area contributed by atoms with E-state index in [1.165, 1.54) is 5.56 Å². The van der Waals surface area contributed by atoms with Gasteiger partial charge in [-0.15, -0.1) is 0 Å². The van der Waals surface area contributed by atoms with Gasteiger partial charge in [0.05, 0.1) is 6.61 Å². The number of benzene rings is 1. The summed E-state index contributed by atoms with van der Waals surface area (Å²) in [6.45, 7) is 3.64. The number of hydrogen-bond donors (Lipinski definition) is 2. The molecule has 5 nitrogen and oxygen atoms in total.